The number of aromatic nitrogens is 1. The van der Waals surface area contributed by atoms with E-state index in [9.17, 15) is 13.6 Å². The minimum Gasteiger partial charge on any atom is -0.768 e. The molecule has 1 aromatic heterocycles. The summed E-state index contributed by atoms with van der Waals surface area (Å²) in [5, 5.41) is 2.73. The van der Waals surface area contributed by atoms with Crippen LogP contribution in [0.25, 0.3) is 0 Å². The van der Waals surface area contributed by atoms with Crippen LogP contribution in [0.2, 0.25) is 0 Å². The van der Waals surface area contributed by atoms with E-state index >= 15 is 0 Å². The molecule has 0 spiro atoms. The SMILES string of the molecule is CC(=O)Nc1nc(C)c(S(=O)[O-])s1.[Na+]. The summed E-state index contributed by atoms with van der Waals surface area (Å²) in [5.74, 6) is -0.267. The van der Waals surface area contributed by atoms with Gasteiger partial charge in [-0.2, -0.15) is 0 Å². The third-order valence-electron chi connectivity index (χ3n) is 1.19. The maximum Gasteiger partial charge on any atom is 1.00 e. The van der Waals surface area contributed by atoms with Gasteiger partial charge >= 0.3 is 29.6 Å². The molecule has 0 radical (unpaired) electrons. The van der Waals surface area contributed by atoms with Gasteiger partial charge in [-0.25, -0.2) is 4.98 Å². The molecule has 0 aliphatic carbocycles. The number of thiazole rings is 1. The standard InChI is InChI=1S/C6H8N2O3S2.Na/c1-3-5(13(10)11)12-6(7-3)8-4(2)9;/h1-2H3,(H,10,11)(H,7,8,9);/q;+1/p-1. The Hall–Kier alpha value is 0.210. The molecular formula is C6H7N2NaO3S2. The zero-order valence-electron chi connectivity index (χ0n) is 7.99. The summed E-state index contributed by atoms with van der Waals surface area (Å²) >= 11 is -1.34. The number of hydrogen-bond donors (Lipinski definition) is 1. The monoisotopic (exact) mass is 242 g/mol. The van der Waals surface area contributed by atoms with Gasteiger partial charge in [-0.1, -0.05) is 11.3 Å². The second-order valence-corrected chi connectivity index (χ2v) is 4.44. The fourth-order valence-electron chi connectivity index (χ4n) is 0.741. The largest absolute Gasteiger partial charge is 1.00 e. The van der Waals surface area contributed by atoms with E-state index in [-0.39, 0.29) is 39.7 Å². The first-order valence-corrected chi connectivity index (χ1v) is 5.24. The average Bonchev–Trinajstić information content (AvgIpc) is 2.29. The Morgan fingerprint density at radius 1 is 1.64 bits per heavy atom. The van der Waals surface area contributed by atoms with Crippen LogP contribution in [0.4, 0.5) is 5.13 Å². The molecule has 0 saturated carbocycles. The van der Waals surface area contributed by atoms with Gasteiger partial charge in [-0.3, -0.25) is 9.00 Å². The summed E-state index contributed by atoms with van der Waals surface area (Å²) in [6.07, 6.45) is 0. The van der Waals surface area contributed by atoms with Crippen LogP contribution in [-0.4, -0.2) is 19.7 Å². The quantitative estimate of drug-likeness (QED) is 0.465. The molecule has 8 heteroatoms. The predicted octanol–water partition coefficient (Wildman–Crippen LogP) is -2.35. The van der Waals surface area contributed by atoms with E-state index < -0.39 is 11.1 Å². The van der Waals surface area contributed by atoms with Gasteiger partial charge in [0.15, 0.2) is 5.13 Å². The van der Waals surface area contributed by atoms with Crippen molar-refractivity contribution in [2.24, 2.45) is 0 Å². The minimum absolute atomic E-state index is 0. The number of amides is 1. The molecule has 1 aromatic rings. The average molecular weight is 242 g/mol. The molecular weight excluding hydrogens is 235 g/mol. The van der Waals surface area contributed by atoms with Crippen LogP contribution >= 0.6 is 11.3 Å². The molecule has 1 atom stereocenters. The second kappa shape index (κ2) is 5.94. The summed E-state index contributed by atoms with van der Waals surface area (Å²) in [6, 6.07) is 0. The van der Waals surface area contributed by atoms with Gasteiger partial charge in [0, 0.05) is 6.92 Å². The molecule has 1 unspecified atom stereocenters. The van der Waals surface area contributed by atoms with Crippen molar-refractivity contribution < 1.29 is 43.1 Å². The van der Waals surface area contributed by atoms with Gasteiger partial charge in [-0.05, 0) is 18.0 Å². The number of aryl methyl sites for hydroxylation is 1. The summed E-state index contributed by atoms with van der Waals surface area (Å²) in [7, 11) is 0. The molecule has 0 aromatic carbocycles. The number of rotatable bonds is 2. The summed E-state index contributed by atoms with van der Waals surface area (Å²) < 4.78 is 21.3. The molecule has 14 heavy (non-hydrogen) atoms. The van der Waals surface area contributed by atoms with E-state index in [1.165, 1.54) is 6.92 Å². The second-order valence-electron chi connectivity index (χ2n) is 2.31. The van der Waals surface area contributed by atoms with E-state index in [4.69, 9.17) is 0 Å². The molecule has 0 aliphatic heterocycles. The van der Waals surface area contributed by atoms with Gasteiger partial charge in [0.05, 0.1) is 5.69 Å². The van der Waals surface area contributed by atoms with Crippen LogP contribution in [0.3, 0.4) is 0 Å². The molecule has 0 bridgehead atoms. The molecule has 1 amide bonds. The van der Waals surface area contributed by atoms with Gasteiger partial charge in [0.1, 0.15) is 4.21 Å². The zero-order chi connectivity index (χ0) is 10.0. The van der Waals surface area contributed by atoms with Crippen LogP contribution in [0, 0.1) is 6.92 Å². The number of nitrogens with zero attached hydrogens (tertiary/aromatic N) is 1. The van der Waals surface area contributed by atoms with E-state index in [2.05, 4.69) is 10.3 Å². The predicted molar refractivity (Wildman–Crippen MR) is 48.3 cm³/mol. The maximum absolute atomic E-state index is 10.6. The minimum atomic E-state index is -2.28. The van der Waals surface area contributed by atoms with Gasteiger partial charge in [-0.15, -0.1) is 0 Å². The van der Waals surface area contributed by atoms with E-state index in [1.807, 2.05) is 0 Å². The Morgan fingerprint density at radius 2 is 2.21 bits per heavy atom. The van der Waals surface area contributed by atoms with Crippen molar-refractivity contribution in [3.8, 4) is 0 Å². The van der Waals surface area contributed by atoms with Gasteiger partial charge in [0.2, 0.25) is 5.91 Å². The Morgan fingerprint density at radius 3 is 2.57 bits per heavy atom. The summed E-state index contributed by atoms with van der Waals surface area (Å²) in [6.45, 7) is 2.91. The van der Waals surface area contributed by atoms with Crippen molar-refractivity contribution in [1.82, 2.24) is 4.98 Å². The first-order valence-electron chi connectivity index (χ1n) is 3.35. The Labute approximate surface area is 110 Å². The van der Waals surface area contributed by atoms with Crippen molar-refractivity contribution >= 4 is 33.5 Å². The van der Waals surface area contributed by atoms with Crippen molar-refractivity contribution in [3.05, 3.63) is 5.69 Å². The number of carbonyl (C=O) groups excluding carboxylic acids is 1. The van der Waals surface area contributed by atoms with Crippen LogP contribution in [-0.2, 0) is 15.9 Å². The van der Waals surface area contributed by atoms with Gasteiger partial charge in [0.25, 0.3) is 0 Å². The molecule has 1 rings (SSSR count). The molecule has 72 valence electrons. The van der Waals surface area contributed by atoms with Crippen molar-refractivity contribution in [1.29, 1.82) is 0 Å². The topological polar surface area (TPSA) is 82.1 Å². The third kappa shape index (κ3) is 3.76. The fraction of sp³-hybridized carbons (Fsp3) is 0.333. The summed E-state index contributed by atoms with van der Waals surface area (Å²) in [5.41, 5.74) is 0.405. The van der Waals surface area contributed by atoms with E-state index in [0.29, 0.717) is 10.8 Å². The first-order chi connectivity index (χ1) is 6.00. The zero-order valence-corrected chi connectivity index (χ0v) is 11.6. The van der Waals surface area contributed by atoms with Crippen molar-refractivity contribution in [3.63, 3.8) is 0 Å². The molecule has 1 heterocycles. The van der Waals surface area contributed by atoms with E-state index in [0.717, 1.165) is 11.3 Å². The van der Waals surface area contributed by atoms with Crippen molar-refractivity contribution in [2.45, 2.75) is 18.1 Å². The Bertz CT molecular complexity index is 366. The van der Waals surface area contributed by atoms with Crippen LogP contribution in [0.5, 0.6) is 0 Å². The first kappa shape index (κ1) is 14.2. The molecule has 5 nitrogen and oxygen atoms in total. The number of nitrogens with one attached hydrogen (secondary N) is 1. The molecule has 0 fully saturated rings. The molecule has 0 saturated heterocycles. The third-order valence-corrected chi connectivity index (χ3v) is 3.31. The number of carbonyl (C=O) groups is 1. The smallest absolute Gasteiger partial charge is 0.768 e. The number of hydrogen-bond acceptors (Lipinski definition) is 5. The Balaban J connectivity index is 0.00000169. The normalized spacial score (nSPS) is 11.6. The maximum atomic E-state index is 10.6. The van der Waals surface area contributed by atoms with E-state index in [1.54, 1.807) is 6.92 Å². The fourth-order valence-corrected chi connectivity index (χ4v) is 2.28. The van der Waals surface area contributed by atoms with Gasteiger partial charge < -0.3 is 9.87 Å². The summed E-state index contributed by atoms with van der Waals surface area (Å²) in [4.78, 5) is 14.5. The Kier molecular flexibility index (Phi) is 6.03. The van der Waals surface area contributed by atoms with Crippen LogP contribution in [0.1, 0.15) is 12.6 Å². The van der Waals surface area contributed by atoms with Crippen molar-refractivity contribution in [2.75, 3.05) is 5.32 Å². The van der Waals surface area contributed by atoms with Crippen LogP contribution < -0.4 is 34.9 Å². The number of anilines is 1. The van der Waals surface area contributed by atoms with Crippen LogP contribution in [0.15, 0.2) is 4.21 Å². The molecule has 0 aliphatic rings. The molecule has 1 N–H and O–H groups in total.